The monoisotopic (exact) mass is 657 g/mol. The van der Waals surface area contributed by atoms with Gasteiger partial charge < -0.3 is 16.0 Å². The molecular formula is C31H23Cl4N3O3S. The average Bonchev–Trinajstić information content (AvgIpc) is 2.97. The number of amides is 3. The molecule has 1 atom stereocenters. The number of benzene rings is 4. The minimum atomic E-state index is -0.580. The van der Waals surface area contributed by atoms with Gasteiger partial charge in [-0.05, 0) is 79.7 Å². The Hall–Kier alpha value is -3.46. The molecule has 4 aromatic carbocycles. The smallest absolute Gasteiger partial charge is 0.272 e. The third-order valence-electron chi connectivity index (χ3n) is 5.80. The van der Waals surface area contributed by atoms with Crippen LogP contribution in [0.4, 0.5) is 11.4 Å². The molecule has 3 amide bonds. The lowest BCUT2D eigenvalue weighted by Gasteiger charge is -2.14. The van der Waals surface area contributed by atoms with Crippen LogP contribution < -0.4 is 16.0 Å². The molecule has 214 valence electrons. The van der Waals surface area contributed by atoms with Crippen molar-refractivity contribution in [2.24, 2.45) is 0 Å². The highest BCUT2D eigenvalue weighted by Gasteiger charge is 2.18. The van der Waals surface area contributed by atoms with Gasteiger partial charge in [0, 0.05) is 36.8 Å². The minimum absolute atomic E-state index is 0.0524. The number of carbonyl (C=O) groups excluding carboxylic acids is 3. The molecule has 0 aromatic heterocycles. The number of hydrogen-bond donors (Lipinski definition) is 3. The van der Waals surface area contributed by atoms with Crippen LogP contribution in [0.2, 0.25) is 20.1 Å². The molecule has 0 aliphatic carbocycles. The number of rotatable bonds is 9. The van der Waals surface area contributed by atoms with Crippen LogP contribution >= 0.6 is 58.2 Å². The fourth-order valence-corrected chi connectivity index (χ4v) is 5.46. The molecule has 42 heavy (non-hydrogen) atoms. The van der Waals surface area contributed by atoms with Crippen LogP contribution in [0.1, 0.15) is 22.8 Å². The summed E-state index contributed by atoms with van der Waals surface area (Å²) < 4.78 is 0. The summed E-state index contributed by atoms with van der Waals surface area (Å²) in [4.78, 5) is 39.7. The summed E-state index contributed by atoms with van der Waals surface area (Å²) in [5.41, 5.74) is 1.65. The molecule has 4 aromatic rings. The van der Waals surface area contributed by atoms with E-state index in [0.29, 0.717) is 42.6 Å². The largest absolute Gasteiger partial charge is 0.324 e. The zero-order chi connectivity index (χ0) is 30.2. The molecule has 0 saturated heterocycles. The second-order valence-corrected chi connectivity index (χ2v) is 11.9. The first-order chi connectivity index (χ1) is 20.1. The molecule has 3 N–H and O–H groups in total. The van der Waals surface area contributed by atoms with E-state index in [2.05, 4.69) is 16.0 Å². The van der Waals surface area contributed by atoms with Gasteiger partial charge in [-0.3, -0.25) is 14.4 Å². The zero-order valence-electron chi connectivity index (χ0n) is 22.0. The van der Waals surface area contributed by atoms with Crippen molar-refractivity contribution in [2.45, 2.75) is 17.1 Å². The molecule has 4 rings (SSSR count). The normalized spacial score (nSPS) is 11.9. The van der Waals surface area contributed by atoms with E-state index in [0.717, 1.165) is 4.90 Å². The van der Waals surface area contributed by atoms with Crippen LogP contribution in [0.3, 0.4) is 0 Å². The minimum Gasteiger partial charge on any atom is -0.324 e. The third kappa shape index (κ3) is 8.53. The molecule has 0 fully saturated rings. The Kier molecular flexibility index (Phi) is 11.0. The maximum absolute atomic E-state index is 13.3. The highest BCUT2D eigenvalue weighted by atomic mass is 35.5. The van der Waals surface area contributed by atoms with E-state index in [9.17, 15) is 14.4 Å². The fourth-order valence-electron chi connectivity index (χ4n) is 3.63. The Morgan fingerprint density at radius 3 is 2.07 bits per heavy atom. The summed E-state index contributed by atoms with van der Waals surface area (Å²) in [6, 6.07) is 25.2. The van der Waals surface area contributed by atoms with Gasteiger partial charge in [0.05, 0.1) is 16.0 Å². The van der Waals surface area contributed by atoms with Crippen molar-refractivity contribution in [3.8, 4) is 0 Å². The summed E-state index contributed by atoms with van der Waals surface area (Å²) in [5.74, 6) is -1.29. The van der Waals surface area contributed by atoms with E-state index in [1.54, 1.807) is 97.9 Å². The van der Waals surface area contributed by atoms with Crippen molar-refractivity contribution < 1.29 is 14.4 Å². The standard InChI is InChI=1S/C31H23Cl4N3O3S/c1-18(29(39)37-27-15-10-20(32)16-26(27)35)42-22-13-11-21(12-14-22)36-31(41)28(17-23-24(33)8-5-9-25(23)34)38-30(40)19-6-3-2-4-7-19/h2-18H,1H3,(H,36,41)(H,37,39)(H,38,40)/b28-17-. The maximum Gasteiger partial charge on any atom is 0.272 e. The van der Waals surface area contributed by atoms with Gasteiger partial charge in [0.1, 0.15) is 5.70 Å². The van der Waals surface area contributed by atoms with Gasteiger partial charge in [-0.2, -0.15) is 0 Å². The molecule has 0 saturated carbocycles. The van der Waals surface area contributed by atoms with Crippen LogP contribution in [-0.2, 0) is 9.59 Å². The zero-order valence-corrected chi connectivity index (χ0v) is 25.8. The molecule has 0 spiro atoms. The topological polar surface area (TPSA) is 87.3 Å². The number of carbonyl (C=O) groups is 3. The lowest BCUT2D eigenvalue weighted by atomic mass is 10.1. The number of hydrogen-bond acceptors (Lipinski definition) is 4. The van der Waals surface area contributed by atoms with Gasteiger partial charge >= 0.3 is 0 Å². The molecule has 1 unspecified atom stereocenters. The highest BCUT2D eigenvalue weighted by molar-refractivity contribution is 8.00. The summed E-state index contributed by atoms with van der Waals surface area (Å²) >= 11 is 26.0. The van der Waals surface area contributed by atoms with Crippen molar-refractivity contribution in [2.75, 3.05) is 10.6 Å². The maximum atomic E-state index is 13.3. The lowest BCUT2D eigenvalue weighted by Crippen LogP contribution is -2.30. The van der Waals surface area contributed by atoms with Gasteiger partial charge in [-0.1, -0.05) is 70.7 Å². The number of nitrogens with one attached hydrogen (secondary N) is 3. The quantitative estimate of drug-likeness (QED) is 0.124. The van der Waals surface area contributed by atoms with Gasteiger partial charge in [0.2, 0.25) is 5.91 Å². The predicted molar refractivity (Wildman–Crippen MR) is 174 cm³/mol. The fraction of sp³-hybridized carbons (Fsp3) is 0.0645. The average molecular weight is 659 g/mol. The van der Waals surface area contributed by atoms with Crippen molar-refractivity contribution in [1.82, 2.24) is 5.32 Å². The summed E-state index contributed by atoms with van der Waals surface area (Å²) in [5, 5.41) is 9.25. The third-order valence-corrected chi connectivity index (χ3v) is 8.12. The number of halogens is 4. The molecule has 0 radical (unpaired) electrons. The first kappa shape index (κ1) is 31.5. The Bertz CT molecular complexity index is 1630. The summed E-state index contributed by atoms with van der Waals surface area (Å²) in [7, 11) is 0. The molecule has 6 nitrogen and oxygen atoms in total. The first-order valence-corrected chi connectivity index (χ1v) is 14.9. The van der Waals surface area contributed by atoms with E-state index in [1.165, 1.54) is 17.8 Å². The van der Waals surface area contributed by atoms with E-state index in [4.69, 9.17) is 46.4 Å². The van der Waals surface area contributed by atoms with Crippen molar-refractivity contribution in [1.29, 1.82) is 0 Å². The molecule has 0 aliphatic rings. The van der Waals surface area contributed by atoms with E-state index in [-0.39, 0.29) is 11.6 Å². The van der Waals surface area contributed by atoms with E-state index in [1.807, 2.05) is 0 Å². The Morgan fingerprint density at radius 1 is 0.762 bits per heavy atom. The molecule has 0 heterocycles. The van der Waals surface area contributed by atoms with Crippen molar-refractivity contribution >= 4 is 93.3 Å². The van der Waals surface area contributed by atoms with Gasteiger partial charge in [0.25, 0.3) is 11.8 Å². The van der Waals surface area contributed by atoms with Gasteiger partial charge in [-0.25, -0.2) is 0 Å². The Balaban J connectivity index is 1.46. The molecule has 11 heteroatoms. The highest BCUT2D eigenvalue weighted by Crippen LogP contribution is 2.30. The summed E-state index contributed by atoms with van der Waals surface area (Å²) in [6.07, 6.45) is 1.43. The second kappa shape index (κ2) is 14.6. The Labute approximate surface area is 267 Å². The second-order valence-electron chi connectivity index (χ2n) is 8.87. The molecule has 0 aliphatic heterocycles. The van der Waals surface area contributed by atoms with Crippen LogP contribution in [0.25, 0.3) is 6.08 Å². The SMILES string of the molecule is CC(Sc1ccc(NC(=O)/C(=C/c2c(Cl)cccc2Cl)NC(=O)c2ccccc2)cc1)C(=O)Nc1ccc(Cl)cc1Cl. The lowest BCUT2D eigenvalue weighted by molar-refractivity contribution is -0.115. The van der Waals surface area contributed by atoms with Crippen LogP contribution in [0, 0.1) is 0 Å². The van der Waals surface area contributed by atoms with Crippen LogP contribution in [0.15, 0.2) is 102 Å². The van der Waals surface area contributed by atoms with Crippen molar-refractivity contribution in [3.05, 3.63) is 128 Å². The van der Waals surface area contributed by atoms with Crippen molar-refractivity contribution in [3.63, 3.8) is 0 Å². The van der Waals surface area contributed by atoms with E-state index >= 15 is 0 Å². The van der Waals surface area contributed by atoms with Crippen LogP contribution in [0.5, 0.6) is 0 Å². The van der Waals surface area contributed by atoms with Gasteiger partial charge in [-0.15, -0.1) is 11.8 Å². The van der Waals surface area contributed by atoms with E-state index < -0.39 is 17.1 Å². The number of thioether (sulfide) groups is 1. The first-order valence-electron chi connectivity index (χ1n) is 12.5. The van der Waals surface area contributed by atoms with Gasteiger partial charge in [0.15, 0.2) is 0 Å². The number of anilines is 2. The molecular weight excluding hydrogens is 636 g/mol. The predicted octanol–water partition coefficient (Wildman–Crippen LogP) is 8.83. The Morgan fingerprint density at radius 2 is 1.43 bits per heavy atom. The molecule has 0 bridgehead atoms. The summed E-state index contributed by atoms with van der Waals surface area (Å²) in [6.45, 7) is 1.77. The van der Waals surface area contributed by atoms with Crippen LogP contribution in [-0.4, -0.2) is 23.0 Å².